The highest BCUT2D eigenvalue weighted by Gasteiger charge is 2.05. The molecule has 0 aromatic heterocycles. The second kappa shape index (κ2) is 6.23. The summed E-state index contributed by atoms with van der Waals surface area (Å²) >= 11 is 0. The molecule has 0 atom stereocenters. The Kier molecular flexibility index (Phi) is 4.82. The van der Waals surface area contributed by atoms with Crippen LogP contribution in [0.5, 0.6) is 0 Å². The van der Waals surface area contributed by atoms with Gasteiger partial charge in [-0.15, -0.1) is 0 Å². The molecule has 0 fully saturated rings. The van der Waals surface area contributed by atoms with Crippen molar-refractivity contribution in [1.82, 2.24) is 10.9 Å². The third-order valence-corrected chi connectivity index (χ3v) is 1.96. The van der Waals surface area contributed by atoms with Gasteiger partial charge in [0.1, 0.15) is 5.84 Å². The van der Waals surface area contributed by atoms with E-state index in [9.17, 15) is 4.79 Å². The summed E-state index contributed by atoms with van der Waals surface area (Å²) in [5.41, 5.74) is 5.21. The number of carbonyl (C=O) groups excluding carboxylic acids is 1. The first kappa shape index (κ1) is 10.8. The summed E-state index contributed by atoms with van der Waals surface area (Å²) in [5.74, 6) is 0.843. The summed E-state index contributed by atoms with van der Waals surface area (Å²) in [6, 6.07) is 0. The van der Waals surface area contributed by atoms with Crippen LogP contribution in [0.4, 0.5) is 4.79 Å². The van der Waals surface area contributed by atoms with Gasteiger partial charge in [0, 0.05) is 13.0 Å². The van der Waals surface area contributed by atoms with Crippen LogP contribution in [0.3, 0.4) is 0 Å². The number of nitrogens with zero attached hydrogens (tertiary/aromatic N) is 1. The number of amidine groups is 1. The van der Waals surface area contributed by atoms with Crippen molar-refractivity contribution in [2.45, 2.75) is 32.6 Å². The molecule has 14 heavy (non-hydrogen) atoms. The van der Waals surface area contributed by atoms with Crippen molar-refractivity contribution in [3.05, 3.63) is 0 Å². The van der Waals surface area contributed by atoms with Crippen LogP contribution in [0.25, 0.3) is 0 Å². The van der Waals surface area contributed by atoms with Crippen LogP contribution < -0.4 is 10.9 Å². The van der Waals surface area contributed by atoms with Gasteiger partial charge in [-0.25, -0.2) is 10.2 Å². The zero-order valence-corrected chi connectivity index (χ0v) is 8.51. The highest BCUT2D eigenvalue weighted by molar-refractivity contribution is 5.84. The van der Waals surface area contributed by atoms with Crippen molar-refractivity contribution in [1.29, 1.82) is 0 Å². The largest absolute Gasteiger partial charge is 0.449 e. The number of ether oxygens (including phenoxy) is 1. The van der Waals surface area contributed by atoms with Crippen LogP contribution in [0.1, 0.15) is 32.6 Å². The van der Waals surface area contributed by atoms with E-state index in [1.807, 2.05) is 0 Å². The summed E-state index contributed by atoms with van der Waals surface area (Å²) < 4.78 is 4.70. The maximum atomic E-state index is 10.9. The molecule has 1 rings (SSSR count). The molecule has 0 radical (unpaired) electrons. The van der Waals surface area contributed by atoms with Gasteiger partial charge < -0.3 is 4.74 Å². The number of nitrogens with one attached hydrogen (secondary N) is 2. The Labute approximate surface area is 83.9 Å². The molecular weight excluding hydrogens is 182 g/mol. The topological polar surface area (TPSA) is 62.7 Å². The molecule has 1 amide bonds. The Morgan fingerprint density at radius 3 is 3.14 bits per heavy atom. The Bertz CT molecular complexity index is 216. The first-order valence-electron chi connectivity index (χ1n) is 5.05. The van der Waals surface area contributed by atoms with E-state index in [2.05, 4.69) is 15.8 Å². The summed E-state index contributed by atoms with van der Waals surface area (Å²) in [6.45, 7) is 2.98. The standard InChI is InChI=1S/C9H17N3O2/c1-2-14-9(13)12-11-8-6-4-3-5-7-10-8/h2-7H2,1H3,(H,10,11)(H,12,13). The second-order valence-electron chi connectivity index (χ2n) is 3.11. The van der Waals surface area contributed by atoms with E-state index in [-0.39, 0.29) is 0 Å². The Morgan fingerprint density at radius 1 is 1.50 bits per heavy atom. The number of rotatable bonds is 1. The van der Waals surface area contributed by atoms with Gasteiger partial charge in [0.05, 0.1) is 6.61 Å². The van der Waals surface area contributed by atoms with Crippen molar-refractivity contribution >= 4 is 11.9 Å². The highest BCUT2D eigenvalue weighted by atomic mass is 16.5. The van der Waals surface area contributed by atoms with E-state index in [1.54, 1.807) is 6.92 Å². The van der Waals surface area contributed by atoms with Crippen molar-refractivity contribution < 1.29 is 9.53 Å². The van der Waals surface area contributed by atoms with E-state index in [4.69, 9.17) is 4.74 Å². The molecule has 5 nitrogen and oxygen atoms in total. The molecule has 0 aliphatic carbocycles. The zero-order valence-electron chi connectivity index (χ0n) is 8.51. The molecule has 0 spiro atoms. The molecular formula is C9H17N3O2. The highest BCUT2D eigenvalue weighted by Crippen LogP contribution is 2.05. The van der Waals surface area contributed by atoms with E-state index in [0.717, 1.165) is 31.6 Å². The lowest BCUT2D eigenvalue weighted by Crippen LogP contribution is -2.41. The second-order valence-corrected chi connectivity index (χ2v) is 3.11. The molecule has 80 valence electrons. The lowest BCUT2D eigenvalue weighted by molar-refractivity contribution is 0.150. The van der Waals surface area contributed by atoms with Gasteiger partial charge in [-0.2, -0.15) is 0 Å². The average Bonchev–Trinajstić information content (AvgIpc) is 2.43. The molecule has 1 aliphatic heterocycles. The first-order valence-corrected chi connectivity index (χ1v) is 5.05. The Hall–Kier alpha value is -1.26. The molecule has 0 saturated heterocycles. The van der Waals surface area contributed by atoms with Gasteiger partial charge in [0.25, 0.3) is 0 Å². The minimum Gasteiger partial charge on any atom is -0.449 e. The normalized spacial score (nSPS) is 16.5. The molecule has 5 heteroatoms. The SMILES string of the molecule is CCOC(=O)NNC1=NCCCCC1. The van der Waals surface area contributed by atoms with Crippen molar-refractivity contribution in [2.24, 2.45) is 4.99 Å². The maximum absolute atomic E-state index is 10.9. The van der Waals surface area contributed by atoms with Gasteiger partial charge in [0.15, 0.2) is 0 Å². The van der Waals surface area contributed by atoms with Crippen LogP contribution >= 0.6 is 0 Å². The predicted molar refractivity (Wildman–Crippen MR) is 54.1 cm³/mol. The fourth-order valence-electron chi connectivity index (χ4n) is 1.27. The lowest BCUT2D eigenvalue weighted by atomic mass is 10.2. The molecule has 2 N–H and O–H groups in total. The minimum atomic E-state index is -0.459. The molecule has 1 heterocycles. The fourth-order valence-corrected chi connectivity index (χ4v) is 1.27. The van der Waals surface area contributed by atoms with Crippen LogP contribution in [0.2, 0.25) is 0 Å². The molecule has 0 bridgehead atoms. The summed E-state index contributed by atoms with van der Waals surface area (Å²) in [4.78, 5) is 15.2. The van der Waals surface area contributed by atoms with Gasteiger partial charge in [0.2, 0.25) is 0 Å². The van der Waals surface area contributed by atoms with E-state index >= 15 is 0 Å². The molecule has 0 unspecified atom stereocenters. The number of carbonyl (C=O) groups is 1. The van der Waals surface area contributed by atoms with E-state index in [0.29, 0.717) is 6.61 Å². The average molecular weight is 199 g/mol. The Morgan fingerprint density at radius 2 is 2.36 bits per heavy atom. The lowest BCUT2D eigenvalue weighted by Gasteiger charge is -2.09. The monoisotopic (exact) mass is 199 g/mol. The molecule has 1 aliphatic rings. The van der Waals surface area contributed by atoms with Crippen molar-refractivity contribution in [3.8, 4) is 0 Å². The molecule has 0 aromatic carbocycles. The van der Waals surface area contributed by atoms with E-state index in [1.165, 1.54) is 6.42 Å². The summed E-state index contributed by atoms with van der Waals surface area (Å²) in [7, 11) is 0. The van der Waals surface area contributed by atoms with Gasteiger partial charge >= 0.3 is 6.09 Å². The Balaban J connectivity index is 2.22. The number of aliphatic imine (C=N–C) groups is 1. The maximum Gasteiger partial charge on any atom is 0.425 e. The van der Waals surface area contributed by atoms with Crippen molar-refractivity contribution in [3.63, 3.8) is 0 Å². The third-order valence-electron chi connectivity index (χ3n) is 1.96. The number of hydrazine groups is 1. The first-order chi connectivity index (χ1) is 6.83. The summed E-state index contributed by atoms with van der Waals surface area (Å²) in [5, 5.41) is 0. The van der Waals surface area contributed by atoms with E-state index < -0.39 is 6.09 Å². The quantitative estimate of drug-likeness (QED) is 0.624. The number of hydrogen-bond donors (Lipinski definition) is 2. The van der Waals surface area contributed by atoms with Crippen LogP contribution in [0.15, 0.2) is 4.99 Å². The van der Waals surface area contributed by atoms with Gasteiger partial charge in [-0.3, -0.25) is 10.4 Å². The minimum absolute atomic E-state index is 0.375. The third kappa shape index (κ3) is 4.11. The van der Waals surface area contributed by atoms with Gasteiger partial charge in [-0.05, 0) is 19.8 Å². The van der Waals surface area contributed by atoms with Crippen LogP contribution in [0, 0.1) is 0 Å². The number of hydrogen-bond acceptors (Lipinski definition) is 4. The number of amides is 1. The fraction of sp³-hybridized carbons (Fsp3) is 0.778. The van der Waals surface area contributed by atoms with Crippen molar-refractivity contribution in [2.75, 3.05) is 13.2 Å². The smallest absolute Gasteiger partial charge is 0.425 e. The molecule has 0 aromatic rings. The molecule has 0 saturated carbocycles. The summed E-state index contributed by atoms with van der Waals surface area (Å²) in [6.07, 6.45) is 3.89. The predicted octanol–water partition coefficient (Wildman–Crippen LogP) is 1.21. The van der Waals surface area contributed by atoms with Gasteiger partial charge in [-0.1, -0.05) is 6.42 Å². The zero-order chi connectivity index (χ0) is 10.2. The van der Waals surface area contributed by atoms with Crippen LogP contribution in [-0.4, -0.2) is 25.1 Å². The van der Waals surface area contributed by atoms with Crippen LogP contribution in [-0.2, 0) is 4.74 Å².